The van der Waals surface area contributed by atoms with Crippen LogP contribution in [0.1, 0.15) is 29.7 Å². The molecule has 1 fully saturated rings. The molecule has 2 N–H and O–H groups in total. The third-order valence-electron chi connectivity index (χ3n) is 6.03. The zero-order chi connectivity index (χ0) is 25.2. The Morgan fingerprint density at radius 3 is 2.67 bits per heavy atom. The van der Waals surface area contributed by atoms with Gasteiger partial charge in [0, 0.05) is 24.5 Å². The van der Waals surface area contributed by atoms with Crippen LogP contribution in [-0.2, 0) is 16.1 Å². The first kappa shape index (κ1) is 23.2. The zero-order valence-electron chi connectivity index (χ0n) is 19.5. The van der Waals surface area contributed by atoms with E-state index in [0.717, 1.165) is 0 Å². The van der Waals surface area contributed by atoms with Gasteiger partial charge in [-0.1, -0.05) is 12.1 Å². The topological polar surface area (TPSA) is 118 Å². The number of fused-ring (bicyclic) bond motifs is 1. The van der Waals surface area contributed by atoms with Crippen LogP contribution in [0.4, 0.5) is 0 Å². The van der Waals surface area contributed by atoms with Crippen molar-refractivity contribution in [2.24, 2.45) is 0 Å². The number of likely N-dealkylation sites (tertiary alicyclic amines) is 1. The second kappa shape index (κ2) is 9.61. The van der Waals surface area contributed by atoms with Gasteiger partial charge < -0.3 is 29.3 Å². The zero-order valence-corrected chi connectivity index (χ0v) is 19.5. The quantitative estimate of drug-likeness (QED) is 0.307. The minimum atomic E-state index is -0.932. The van der Waals surface area contributed by atoms with E-state index >= 15 is 0 Å². The highest BCUT2D eigenvalue weighted by Gasteiger charge is 2.46. The van der Waals surface area contributed by atoms with Crippen LogP contribution in [0.25, 0.3) is 5.76 Å². The maximum Gasteiger partial charge on any atom is 0.295 e. The Hall–Kier alpha value is -4.53. The standard InChI is InChI=1S/C27H24N2O7/c1-2-34-21-12-17(5-7-19(21)30)24-23(25(31)18-6-8-20-22(13-18)36-11-10-35-20)26(32)27(33)29(24)15-16-4-3-9-28-14-16/h3-9,12-14,24,30-31H,2,10-11,15H2,1H3/b25-23+. The van der Waals surface area contributed by atoms with Crippen LogP contribution in [0.15, 0.2) is 66.5 Å². The number of Topliss-reactive ketones (excluding diaryl/α,β-unsaturated/α-hetero) is 1. The maximum atomic E-state index is 13.3. The minimum Gasteiger partial charge on any atom is -0.507 e. The number of carbonyl (C=O) groups is 2. The molecule has 0 saturated carbocycles. The third-order valence-corrected chi connectivity index (χ3v) is 6.03. The summed E-state index contributed by atoms with van der Waals surface area (Å²) in [5, 5.41) is 21.6. The lowest BCUT2D eigenvalue weighted by Crippen LogP contribution is -2.29. The summed E-state index contributed by atoms with van der Waals surface area (Å²) in [6.07, 6.45) is 3.23. The molecular formula is C27H24N2O7. The molecular weight excluding hydrogens is 464 g/mol. The molecule has 0 bridgehead atoms. The van der Waals surface area contributed by atoms with Crippen molar-refractivity contribution in [3.63, 3.8) is 0 Å². The minimum absolute atomic E-state index is 0.0725. The third kappa shape index (κ3) is 4.19. The van der Waals surface area contributed by atoms with Crippen molar-refractivity contribution in [3.8, 4) is 23.0 Å². The van der Waals surface area contributed by atoms with Gasteiger partial charge in [-0.25, -0.2) is 0 Å². The Morgan fingerprint density at radius 1 is 1.11 bits per heavy atom. The first-order valence-electron chi connectivity index (χ1n) is 11.5. The van der Waals surface area contributed by atoms with Gasteiger partial charge in [0.1, 0.15) is 19.0 Å². The van der Waals surface area contributed by atoms with Crippen molar-refractivity contribution >= 4 is 17.4 Å². The second-order valence-electron chi connectivity index (χ2n) is 8.31. The summed E-state index contributed by atoms with van der Waals surface area (Å²) in [7, 11) is 0. The Balaban J connectivity index is 1.65. The van der Waals surface area contributed by atoms with Crippen LogP contribution < -0.4 is 14.2 Å². The number of benzene rings is 2. The molecule has 2 aliphatic rings. The van der Waals surface area contributed by atoms with Crippen molar-refractivity contribution < 1.29 is 34.0 Å². The van der Waals surface area contributed by atoms with Crippen molar-refractivity contribution in [1.82, 2.24) is 9.88 Å². The number of nitrogens with zero attached hydrogens (tertiary/aromatic N) is 2. The Kier molecular flexibility index (Phi) is 6.20. The molecule has 2 aliphatic heterocycles. The van der Waals surface area contributed by atoms with Gasteiger partial charge in [0.05, 0.1) is 18.2 Å². The smallest absolute Gasteiger partial charge is 0.295 e. The van der Waals surface area contributed by atoms with E-state index in [2.05, 4.69) is 4.98 Å². The van der Waals surface area contributed by atoms with E-state index in [9.17, 15) is 19.8 Å². The van der Waals surface area contributed by atoms with Gasteiger partial charge >= 0.3 is 0 Å². The van der Waals surface area contributed by atoms with Crippen molar-refractivity contribution in [1.29, 1.82) is 0 Å². The van der Waals surface area contributed by atoms with Gasteiger partial charge in [-0.2, -0.15) is 0 Å². The Morgan fingerprint density at radius 2 is 1.92 bits per heavy atom. The number of aromatic nitrogens is 1. The lowest BCUT2D eigenvalue weighted by molar-refractivity contribution is -0.140. The molecule has 3 heterocycles. The van der Waals surface area contributed by atoms with Gasteiger partial charge in [-0.05, 0) is 54.4 Å². The molecule has 1 amide bonds. The summed E-state index contributed by atoms with van der Waals surface area (Å²) < 4.78 is 16.7. The van der Waals surface area contributed by atoms with E-state index in [1.165, 1.54) is 11.0 Å². The van der Waals surface area contributed by atoms with Crippen molar-refractivity contribution in [3.05, 3.63) is 83.2 Å². The highest BCUT2D eigenvalue weighted by molar-refractivity contribution is 6.46. The molecule has 0 radical (unpaired) electrons. The molecule has 1 atom stereocenters. The van der Waals surface area contributed by atoms with Gasteiger partial charge in [0.15, 0.2) is 23.0 Å². The van der Waals surface area contributed by atoms with Crippen LogP contribution in [0.5, 0.6) is 23.0 Å². The monoisotopic (exact) mass is 488 g/mol. The van der Waals surface area contributed by atoms with Crippen LogP contribution >= 0.6 is 0 Å². The number of phenols is 1. The van der Waals surface area contributed by atoms with Crippen LogP contribution in [0.3, 0.4) is 0 Å². The number of aromatic hydroxyl groups is 1. The fourth-order valence-electron chi connectivity index (χ4n) is 4.40. The van der Waals surface area contributed by atoms with E-state index < -0.39 is 17.7 Å². The second-order valence-corrected chi connectivity index (χ2v) is 8.31. The molecule has 9 nitrogen and oxygen atoms in total. The number of phenolic OH excluding ortho intramolecular Hbond substituents is 1. The van der Waals surface area contributed by atoms with Crippen LogP contribution in [0.2, 0.25) is 0 Å². The van der Waals surface area contributed by atoms with E-state index in [4.69, 9.17) is 14.2 Å². The molecule has 0 spiro atoms. The van der Waals surface area contributed by atoms with Crippen molar-refractivity contribution in [2.45, 2.75) is 19.5 Å². The number of amides is 1. The fourth-order valence-corrected chi connectivity index (χ4v) is 4.40. The van der Waals surface area contributed by atoms with Gasteiger partial charge in [-0.15, -0.1) is 0 Å². The molecule has 184 valence electrons. The first-order valence-corrected chi connectivity index (χ1v) is 11.5. The van der Waals surface area contributed by atoms with Crippen LogP contribution in [-0.4, -0.2) is 51.6 Å². The van der Waals surface area contributed by atoms with E-state index in [1.807, 2.05) is 0 Å². The molecule has 9 heteroatoms. The SMILES string of the molecule is CCOc1cc(C2/C(=C(\O)c3ccc4c(c3)OCCO4)C(=O)C(=O)N2Cc2cccnc2)ccc1O. The first-order chi connectivity index (χ1) is 17.5. The number of rotatable bonds is 6. The van der Waals surface area contributed by atoms with E-state index in [0.29, 0.717) is 48.0 Å². The average Bonchev–Trinajstić information content (AvgIpc) is 3.15. The number of aliphatic hydroxyl groups excluding tert-OH is 1. The molecule has 0 aliphatic carbocycles. The molecule has 3 aromatic rings. The molecule has 5 rings (SSSR count). The average molecular weight is 488 g/mol. The van der Waals surface area contributed by atoms with Crippen LogP contribution in [0, 0.1) is 0 Å². The highest BCUT2D eigenvalue weighted by Crippen LogP contribution is 2.43. The molecule has 2 aromatic carbocycles. The number of ketones is 1. The van der Waals surface area contributed by atoms with Gasteiger partial charge in [-0.3, -0.25) is 14.6 Å². The number of hydrogen-bond donors (Lipinski definition) is 2. The van der Waals surface area contributed by atoms with Crippen molar-refractivity contribution in [2.75, 3.05) is 19.8 Å². The van der Waals surface area contributed by atoms with E-state index in [1.54, 1.807) is 61.8 Å². The Labute approximate surface area is 207 Å². The summed E-state index contributed by atoms with van der Waals surface area (Å²) in [5.74, 6) is -0.801. The predicted molar refractivity (Wildman–Crippen MR) is 129 cm³/mol. The summed E-state index contributed by atoms with van der Waals surface area (Å²) in [4.78, 5) is 32.0. The fraction of sp³-hybridized carbons (Fsp3) is 0.222. The molecule has 1 aromatic heterocycles. The molecule has 36 heavy (non-hydrogen) atoms. The van der Waals surface area contributed by atoms with Gasteiger partial charge in [0.25, 0.3) is 11.7 Å². The number of carbonyl (C=O) groups excluding carboxylic acids is 2. The molecule has 1 saturated heterocycles. The molecule has 1 unspecified atom stereocenters. The summed E-state index contributed by atoms with van der Waals surface area (Å²) >= 11 is 0. The summed E-state index contributed by atoms with van der Waals surface area (Å²) in [6.45, 7) is 2.96. The number of ether oxygens (including phenoxy) is 3. The number of aliphatic hydroxyl groups is 1. The van der Waals surface area contributed by atoms with E-state index in [-0.39, 0.29) is 29.4 Å². The summed E-state index contributed by atoms with van der Waals surface area (Å²) in [6, 6.07) is 12.1. The number of hydrogen-bond acceptors (Lipinski definition) is 8. The van der Waals surface area contributed by atoms with Gasteiger partial charge in [0.2, 0.25) is 0 Å². The highest BCUT2D eigenvalue weighted by atomic mass is 16.6. The largest absolute Gasteiger partial charge is 0.507 e. The lowest BCUT2D eigenvalue weighted by Gasteiger charge is -2.26. The predicted octanol–water partition coefficient (Wildman–Crippen LogP) is 3.58. The number of pyridine rings is 1. The summed E-state index contributed by atoms with van der Waals surface area (Å²) in [5.41, 5.74) is 1.45. The maximum absolute atomic E-state index is 13.3. The normalized spacial score (nSPS) is 18.4. The lowest BCUT2D eigenvalue weighted by atomic mass is 9.94. The Bertz CT molecular complexity index is 1350.